The van der Waals surface area contributed by atoms with Gasteiger partial charge in [0.05, 0.1) is 0 Å². The zero-order chi connectivity index (χ0) is 10.1. The minimum atomic E-state index is 0.621. The molecule has 3 fully saturated rings. The highest BCUT2D eigenvalue weighted by Gasteiger charge is 2.49. The summed E-state index contributed by atoms with van der Waals surface area (Å²) < 4.78 is 0. The van der Waals surface area contributed by atoms with Crippen LogP contribution in [0.15, 0.2) is 0 Å². The molecule has 0 unspecified atom stereocenters. The van der Waals surface area contributed by atoms with Crippen LogP contribution in [0, 0.1) is 5.92 Å². The van der Waals surface area contributed by atoms with Crippen molar-refractivity contribution in [3.8, 4) is 0 Å². The van der Waals surface area contributed by atoms with Gasteiger partial charge in [-0.25, -0.2) is 0 Å². The van der Waals surface area contributed by atoms with E-state index < -0.39 is 0 Å². The SMILES string of the molecule is C1CCC(CN2CCNCC23CC3)CC1. The van der Waals surface area contributed by atoms with Gasteiger partial charge in [0.1, 0.15) is 0 Å². The first-order valence-electron chi connectivity index (χ1n) is 6.85. The summed E-state index contributed by atoms with van der Waals surface area (Å²) in [4.78, 5) is 2.82. The van der Waals surface area contributed by atoms with Crippen LogP contribution in [0.5, 0.6) is 0 Å². The topological polar surface area (TPSA) is 15.3 Å². The average Bonchev–Trinajstić information content (AvgIpc) is 3.04. The Kier molecular flexibility index (Phi) is 2.73. The lowest BCUT2D eigenvalue weighted by atomic mass is 9.88. The van der Waals surface area contributed by atoms with Gasteiger partial charge in [0, 0.05) is 31.7 Å². The van der Waals surface area contributed by atoms with Crippen molar-refractivity contribution in [1.29, 1.82) is 0 Å². The van der Waals surface area contributed by atoms with E-state index >= 15 is 0 Å². The monoisotopic (exact) mass is 208 g/mol. The third kappa shape index (κ3) is 2.07. The van der Waals surface area contributed by atoms with E-state index in [1.54, 1.807) is 0 Å². The summed E-state index contributed by atoms with van der Waals surface area (Å²) in [7, 11) is 0. The van der Waals surface area contributed by atoms with E-state index in [-0.39, 0.29) is 0 Å². The second-order valence-corrected chi connectivity index (χ2v) is 5.85. The Labute approximate surface area is 93.4 Å². The Morgan fingerprint density at radius 2 is 1.93 bits per heavy atom. The minimum Gasteiger partial charge on any atom is -0.314 e. The zero-order valence-corrected chi connectivity index (χ0v) is 9.80. The van der Waals surface area contributed by atoms with Crippen LogP contribution in [-0.2, 0) is 0 Å². The Balaban J connectivity index is 1.56. The van der Waals surface area contributed by atoms with Gasteiger partial charge in [-0.15, -0.1) is 0 Å². The summed E-state index contributed by atoms with van der Waals surface area (Å²) in [6, 6.07) is 0. The summed E-state index contributed by atoms with van der Waals surface area (Å²) >= 11 is 0. The molecular weight excluding hydrogens is 184 g/mol. The number of hydrogen-bond acceptors (Lipinski definition) is 2. The molecule has 2 saturated carbocycles. The number of nitrogens with one attached hydrogen (secondary N) is 1. The molecule has 1 aliphatic heterocycles. The predicted molar refractivity (Wildman–Crippen MR) is 63.0 cm³/mol. The Morgan fingerprint density at radius 1 is 1.13 bits per heavy atom. The highest BCUT2D eigenvalue weighted by molar-refractivity contribution is 5.07. The van der Waals surface area contributed by atoms with E-state index in [9.17, 15) is 0 Å². The van der Waals surface area contributed by atoms with Gasteiger partial charge in [-0.05, 0) is 31.6 Å². The molecule has 15 heavy (non-hydrogen) atoms. The summed E-state index contributed by atoms with van der Waals surface area (Å²) in [6.07, 6.45) is 10.4. The van der Waals surface area contributed by atoms with E-state index in [0.29, 0.717) is 5.54 Å². The van der Waals surface area contributed by atoms with Crippen molar-refractivity contribution >= 4 is 0 Å². The highest BCUT2D eigenvalue weighted by Crippen LogP contribution is 2.43. The molecule has 0 amide bonds. The molecule has 1 N–H and O–H groups in total. The normalized spacial score (nSPS) is 32.0. The van der Waals surface area contributed by atoms with Crippen molar-refractivity contribution in [2.24, 2.45) is 5.92 Å². The largest absolute Gasteiger partial charge is 0.314 e. The molecule has 1 saturated heterocycles. The maximum absolute atomic E-state index is 3.56. The van der Waals surface area contributed by atoms with E-state index in [1.807, 2.05) is 0 Å². The van der Waals surface area contributed by atoms with E-state index in [4.69, 9.17) is 0 Å². The van der Waals surface area contributed by atoms with Gasteiger partial charge in [0.15, 0.2) is 0 Å². The third-order valence-electron chi connectivity index (χ3n) is 4.71. The third-order valence-corrected chi connectivity index (χ3v) is 4.71. The van der Waals surface area contributed by atoms with Gasteiger partial charge in [-0.2, -0.15) is 0 Å². The molecule has 0 atom stereocenters. The van der Waals surface area contributed by atoms with Crippen LogP contribution in [0.25, 0.3) is 0 Å². The molecule has 3 aliphatic rings. The predicted octanol–water partition coefficient (Wildman–Crippen LogP) is 2.00. The van der Waals surface area contributed by atoms with E-state index in [0.717, 1.165) is 5.92 Å². The first-order valence-corrected chi connectivity index (χ1v) is 6.85. The van der Waals surface area contributed by atoms with Crippen LogP contribution in [0.2, 0.25) is 0 Å². The Hall–Kier alpha value is -0.0800. The first-order chi connectivity index (χ1) is 7.39. The molecule has 3 rings (SSSR count). The fourth-order valence-corrected chi connectivity index (χ4v) is 3.49. The maximum Gasteiger partial charge on any atom is 0.0336 e. The summed E-state index contributed by atoms with van der Waals surface area (Å²) in [6.45, 7) is 5.19. The lowest BCUT2D eigenvalue weighted by Gasteiger charge is -2.39. The summed E-state index contributed by atoms with van der Waals surface area (Å²) in [5.74, 6) is 1.02. The molecule has 0 radical (unpaired) electrons. The van der Waals surface area contributed by atoms with Crippen LogP contribution in [0.4, 0.5) is 0 Å². The fourth-order valence-electron chi connectivity index (χ4n) is 3.49. The van der Waals surface area contributed by atoms with Gasteiger partial charge in [0.25, 0.3) is 0 Å². The maximum atomic E-state index is 3.56. The van der Waals surface area contributed by atoms with Crippen LogP contribution in [0.3, 0.4) is 0 Å². The van der Waals surface area contributed by atoms with Crippen molar-refractivity contribution in [1.82, 2.24) is 10.2 Å². The molecule has 86 valence electrons. The molecule has 2 nitrogen and oxygen atoms in total. The number of hydrogen-bond donors (Lipinski definition) is 1. The lowest BCUT2D eigenvalue weighted by Crippen LogP contribution is -2.54. The fraction of sp³-hybridized carbons (Fsp3) is 1.00. The second kappa shape index (κ2) is 4.06. The smallest absolute Gasteiger partial charge is 0.0336 e. The van der Waals surface area contributed by atoms with Crippen LogP contribution >= 0.6 is 0 Å². The van der Waals surface area contributed by atoms with Gasteiger partial charge in [-0.3, -0.25) is 4.90 Å². The molecule has 1 heterocycles. The van der Waals surface area contributed by atoms with Gasteiger partial charge >= 0.3 is 0 Å². The standard InChI is InChI=1S/C13H24N2/c1-2-4-12(5-3-1)10-15-9-8-14-11-13(15)6-7-13/h12,14H,1-11H2. The lowest BCUT2D eigenvalue weighted by molar-refractivity contribution is 0.108. The van der Waals surface area contributed by atoms with Crippen molar-refractivity contribution < 1.29 is 0 Å². The molecule has 1 spiro atoms. The van der Waals surface area contributed by atoms with Crippen molar-refractivity contribution in [3.05, 3.63) is 0 Å². The first kappa shape index (κ1) is 10.1. The Morgan fingerprint density at radius 3 is 2.67 bits per heavy atom. The van der Waals surface area contributed by atoms with E-state index in [1.165, 1.54) is 71.1 Å². The van der Waals surface area contributed by atoms with Gasteiger partial charge in [0.2, 0.25) is 0 Å². The summed E-state index contributed by atoms with van der Waals surface area (Å²) in [5, 5.41) is 3.56. The van der Waals surface area contributed by atoms with Crippen LogP contribution in [0.1, 0.15) is 44.9 Å². The number of piperazine rings is 1. The molecular formula is C13H24N2. The van der Waals surface area contributed by atoms with Crippen molar-refractivity contribution in [2.45, 2.75) is 50.5 Å². The van der Waals surface area contributed by atoms with Crippen molar-refractivity contribution in [2.75, 3.05) is 26.2 Å². The molecule has 2 heteroatoms. The van der Waals surface area contributed by atoms with Crippen LogP contribution in [-0.4, -0.2) is 36.6 Å². The number of rotatable bonds is 2. The van der Waals surface area contributed by atoms with E-state index in [2.05, 4.69) is 10.2 Å². The average molecular weight is 208 g/mol. The zero-order valence-electron chi connectivity index (χ0n) is 9.80. The second-order valence-electron chi connectivity index (χ2n) is 5.85. The summed E-state index contributed by atoms with van der Waals surface area (Å²) in [5.41, 5.74) is 0.621. The van der Waals surface area contributed by atoms with Crippen molar-refractivity contribution in [3.63, 3.8) is 0 Å². The molecule has 2 aliphatic carbocycles. The van der Waals surface area contributed by atoms with Gasteiger partial charge < -0.3 is 5.32 Å². The minimum absolute atomic E-state index is 0.621. The van der Waals surface area contributed by atoms with Gasteiger partial charge in [-0.1, -0.05) is 19.3 Å². The highest BCUT2D eigenvalue weighted by atomic mass is 15.3. The molecule has 0 aromatic carbocycles. The Bertz CT molecular complexity index is 217. The molecule has 0 aromatic rings. The molecule has 0 bridgehead atoms. The van der Waals surface area contributed by atoms with Crippen LogP contribution < -0.4 is 5.32 Å². The quantitative estimate of drug-likeness (QED) is 0.747. The number of nitrogens with zero attached hydrogens (tertiary/aromatic N) is 1. The molecule has 0 aromatic heterocycles.